The van der Waals surface area contributed by atoms with Gasteiger partial charge in [0.2, 0.25) is 0 Å². The third kappa shape index (κ3) is 19.5. The predicted molar refractivity (Wildman–Crippen MR) is 296 cm³/mol. The summed E-state index contributed by atoms with van der Waals surface area (Å²) in [7, 11) is 4.22. The standard InChI is InChI=1S/C59H86N6O15/c1-8-64(26-28-66)44-22-18-42(19-23-44)34-50(79-56(72)46(60-5)30-38-10-11-38)52(68)61-47(31-39-12-13-39)57(73)77-36(3)54(70)63(6)49(33-41-16-17-41)59(75)80-51(35-43-20-24-45(25-21-43)65(9-2)27-29-67)53(69)62-48(32-40-14-15-40)58(74)78-37(4)55(71)76-7/h18-25,36-41,46-51,60,66-67H,8-17,26-35H2,1-7H3,(H,61,68)(H,62,69)/t36-,37-,46+,47+,48+,49+,50-,51-/m1/s1. The van der Waals surface area contributed by atoms with Gasteiger partial charge in [0.15, 0.2) is 24.4 Å². The number of methoxy groups -OCH3 is 1. The number of hydrogen-bond donors (Lipinski definition) is 5. The van der Waals surface area contributed by atoms with E-state index in [1.807, 2.05) is 60.0 Å². The number of benzene rings is 2. The molecule has 3 amide bonds. The van der Waals surface area contributed by atoms with Gasteiger partial charge in [0.25, 0.3) is 17.7 Å². The molecule has 0 spiro atoms. The molecule has 0 aliphatic heterocycles. The minimum atomic E-state index is -1.51. The van der Waals surface area contributed by atoms with E-state index in [2.05, 4.69) is 16.0 Å². The number of nitrogens with zero attached hydrogens (tertiary/aromatic N) is 3. The summed E-state index contributed by atoms with van der Waals surface area (Å²) in [6.07, 6.45) is 2.35. The Morgan fingerprint density at radius 1 is 0.537 bits per heavy atom. The Hall–Kier alpha value is -6.32. The molecule has 80 heavy (non-hydrogen) atoms. The Kier molecular flexibility index (Phi) is 24.0. The van der Waals surface area contributed by atoms with Gasteiger partial charge < -0.3 is 64.5 Å². The van der Waals surface area contributed by atoms with Crippen molar-refractivity contribution in [3.63, 3.8) is 0 Å². The number of carbonyl (C=O) groups is 8. The molecular formula is C59H86N6O15. The average Bonchev–Trinajstić information content (AvgIpc) is 4.20. The smallest absolute Gasteiger partial charge is 0.346 e. The van der Waals surface area contributed by atoms with Crippen LogP contribution in [0.5, 0.6) is 0 Å². The van der Waals surface area contributed by atoms with Crippen LogP contribution in [0.3, 0.4) is 0 Å². The zero-order valence-electron chi connectivity index (χ0n) is 47.7. The van der Waals surface area contributed by atoms with Crippen LogP contribution in [-0.4, -0.2) is 172 Å². The molecule has 8 atom stereocenters. The van der Waals surface area contributed by atoms with Crippen molar-refractivity contribution in [1.82, 2.24) is 20.9 Å². The van der Waals surface area contributed by atoms with E-state index < -0.39 is 96.2 Å². The van der Waals surface area contributed by atoms with Crippen molar-refractivity contribution in [3.8, 4) is 0 Å². The van der Waals surface area contributed by atoms with E-state index >= 15 is 0 Å². The fourth-order valence-corrected chi connectivity index (χ4v) is 9.76. The largest absolute Gasteiger partial charge is 0.466 e. The summed E-state index contributed by atoms with van der Waals surface area (Å²) >= 11 is 0. The summed E-state index contributed by atoms with van der Waals surface area (Å²) in [6.45, 7) is 8.70. The summed E-state index contributed by atoms with van der Waals surface area (Å²) in [5, 5.41) is 27.7. The van der Waals surface area contributed by atoms with Gasteiger partial charge in [-0.25, -0.2) is 19.2 Å². The Balaban J connectivity index is 1.18. The van der Waals surface area contributed by atoms with Gasteiger partial charge in [-0.3, -0.25) is 19.2 Å². The van der Waals surface area contributed by atoms with Crippen molar-refractivity contribution in [3.05, 3.63) is 59.7 Å². The molecule has 442 valence electrons. The highest BCUT2D eigenvalue weighted by Gasteiger charge is 2.42. The molecule has 0 unspecified atom stereocenters. The van der Waals surface area contributed by atoms with Gasteiger partial charge in [-0.1, -0.05) is 75.6 Å². The maximum atomic E-state index is 14.6. The molecule has 0 saturated heterocycles. The van der Waals surface area contributed by atoms with E-state index in [1.54, 1.807) is 19.2 Å². The molecular weight excluding hydrogens is 1030 g/mol. The van der Waals surface area contributed by atoms with Gasteiger partial charge in [-0.2, -0.15) is 0 Å². The van der Waals surface area contributed by atoms with E-state index in [-0.39, 0.29) is 63.1 Å². The second kappa shape index (κ2) is 30.5. The molecule has 4 fully saturated rings. The summed E-state index contributed by atoms with van der Waals surface area (Å²) in [6, 6.07) is 10.3. The highest BCUT2D eigenvalue weighted by molar-refractivity contribution is 5.93. The number of aliphatic hydroxyl groups is 2. The molecule has 6 rings (SSSR count). The number of aliphatic hydroxyl groups excluding tert-OH is 2. The predicted octanol–water partition coefficient (Wildman–Crippen LogP) is 3.55. The highest BCUT2D eigenvalue weighted by atomic mass is 16.6. The topological polar surface area (TPSA) is 269 Å². The van der Waals surface area contributed by atoms with E-state index in [0.29, 0.717) is 49.6 Å². The van der Waals surface area contributed by atoms with E-state index in [0.717, 1.165) is 74.8 Å². The van der Waals surface area contributed by atoms with Crippen LogP contribution in [0, 0.1) is 23.7 Å². The quantitative estimate of drug-likeness (QED) is 0.0482. The molecule has 5 N–H and O–H groups in total. The Labute approximate surface area is 470 Å². The number of anilines is 2. The molecule has 0 aromatic heterocycles. The minimum Gasteiger partial charge on any atom is -0.466 e. The van der Waals surface area contributed by atoms with Crippen LogP contribution in [0.4, 0.5) is 11.4 Å². The number of nitrogens with one attached hydrogen (secondary N) is 3. The molecule has 2 aromatic rings. The SMILES string of the molecule is CCN(CCO)c1ccc(C[C@@H](OC(=O)[C@H](CC2CC2)NC)C(=O)N[C@@H](CC2CC2)C(=O)O[C@H](C)C(=O)N(C)[C@@H](CC2CC2)C(=O)O[C@H](Cc2ccc(N(CC)CCO)cc2)C(=O)N[C@@H](CC2CC2)C(=O)O[C@H](C)C(=O)OC)cc1. The lowest BCUT2D eigenvalue weighted by molar-refractivity contribution is -0.170. The lowest BCUT2D eigenvalue weighted by Crippen LogP contribution is -2.53. The number of likely N-dealkylation sites (N-methyl/N-ethyl adjacent to an activating group) is 4. The Morgan fingerprint density at radius 3 is 1.29 bits per heavy atom. The average molecular weight is 1120 g/mol. The molecule has 21 nitrogen and oxygen atoms in total. The van der Waals surface area contributed by atoms with Crippen LogP contribution >= 0.6 is 0 Å². The number of ether oxygens (including phenoxy) is 5. The molecule has 2 aromatic carbocycles. The van der Waals surface area contributed by atoms with Crippen molar-refractivity contribution in [1.29, 1.82) is 0 Å². The fraction of sp³-hybridized carbons (Fsp3) is 0.661. The van der Waals surface area contributed by atoms with Crippen LogP contribution < -0.4 is 25.8 Å². The van der Waals surface area contributed by atoms with Gasteiger partial charge in [-0.05, 0) is 119 Å². The van der Waals surface area contributed by atoms with Crippen LogP contribution in [0.2, 0.25) is 0 Å². The summed E-state index contributed by atoms with van der Waals surface area (Å²) in [5.41, 5.74) is 2.98. The minimum absolute atomic E-state index is 0.00493. The Morgan fingerprint density at radius 2 is 0.912 bits per heavy atom. The van der Waals surface area contributed by atoms with Gasteiger partial charge in [0.1, 0.15) is 24.2 Å². The normalized spacial score (nSPS) is 17.9. The van der Waals surface area contributed by atoms with Crippen molar-refractivity contribution >= 4 is 58.9 Å². The van der Waals surface area contributed by atoms with E-state index in [4.69, 9.17) is 23.7 Å². The lowest BCUT2D eigenvalue weighted by atomic mass is 10.0. The second-order valence-electron chi connectivity index (χ2n) is 22.0. The number of hydrogen-bond acceptors (Lipinski definition) is 18. The van der Waals surface area contributed by atoms with Crippen LogP contribution in [0.15, 0.2) is 48.5 Å². The van der Waals surface area contributed by atoms with Crippen LogP contribution in [0.1, 0.15) is 116 Å². The molecule has 0 bridgehead atoms. The van der Waals surface area contributed by atoms with Gasteiger partial charge in [0, 0.05) is 57.4 Å². The summed E-state index contributed by atoms with van der Waals surface area (Å²) < 4.78 is 28.0. The molecule has 0 heterocycles. The zero-order valence-corrected chi connectivity index (χ0v) is 47.7. The zero-order chi connectivity index (χ0) is 58.0. The highest BCUT2D eigenvalue weighted by Crippen LogP contribution is 2.37. The maximum absolute atomic E-state index is 14.6. The van der Waals surface area contributed by atoms with Crippen molar-refractivity contribution in [2.75, 3.05) is 70.4 Å². The molecule has 4 aliphatic carbocycles. The number of carbonyl (C=O) groups excluding carboxylic acids is 8. The first-order valence-electron chi connectivity index (χ1n) is 28.7. The van der Waals surface area contributed by atoms with E-state index in [9.17, 15) is 48.6 Å². The second-order valence-corrected chi connectivity index (χ2v) is 22.0. The van der Waals surface area contributed by atoms with Crippen LogP contribution in [-0.2, 0) is 74.9 Å². The molecule has 4 saturated carbocycles. The molecule has 4 aliphatic rings. The Bertz CT molecular complexity index is 2390. The summed E-state index contributed by atoms with van der Waals surface area (Å²) in [5.74, 6) is -5.62. The summed E-state index contributed by atoms with van der Waals surface area (Å²) in [4.78, 5) is 116. The van der Waals surface area contributed by atoms with Gasteiger partial charge in [0.05, 0.1) is 20.3 Å². The van der Waals surface area contributed by atoms with Crippen molar-refractivity contribution in [2.24, 2.45) is 23.7 Å². The van der Waals surface area contributed by atoms with E-state index in [1.165, 1.54) is 20.9 Å². The first kappa shape index (κ1) is 62.9. The monoisotopic (exact) mass is 1120 g/mol. The first-order chi connectivity index (χ1) is 38.4. The lowest BCUT2D eigenvalue weighted by Gasteiger charge is -2.31. The third-order valence-corrected chi connectivity index (χ3v) is 15.5. The molecule has 21 heteroatoms. The van der Waals surface area contributed by atoms with Gasteiger partial charge >= 0.3 is 29.8 Å². The number of esters is 5. The van der Waals surface area contributed by atoms with Gasteiger partial charge in [-0.15, -0.1) is 0 Å². The third-order valence-electron chi connectivity index (χ3n) is 15.5. The fourth-order valence-electron chi connectivity index (χ4n) is 9.76. The van der Waals surface area contributed by atoms with Crippen molar-refractivity contribution in [2.45, 2.75) is 166 Å². The number of amides is 3. The maximum Gasteiger partial charge on any atom is 0.346 e. The molecule has 0 radical (unpaired) electrons. The van der Waals surface area contributed by atoms with Crippen molar-refractivity contribution < 1.29 is 72.3 Å². The first-order valence-corrected chi connectivity index (χ1v) is 28.7. The van der Waals surface area contributed by atoms with Crippen LogP contribution in [0.25, 0.3) is 0 Å². The number of rotatable bonds is 36.